The second kappa shape index (κ2) is 5.16. The SMILES string of the molecule is CC(C)C1C(=O)NC(=O)CC12CCC(C(C)(C)C)CC2. The summed E-state index contributed by atoms with van der Waals surface area (Å²) in [5.74, 6) is 0.906. The van der Waals surface area contributed by atoms with Crippen LogP contribution in [0.2, 0.25) is 0 Å². The number of imide groups is 1. The zero-order valence-corrected chi connectivity index (χ0v) is 13.6. The standard InChI is InChI=1S/C17H29NO2/c1-11(2)14-15(20)18-13(19)10-17(14)8-6-12(7-9-17)16(3,4)5/h11-12,14H,6-10H2,1-5H3,(H,18,19,20). The van der Waals surface area contributed by atoms with Crippen LogP contribution >= 0.6 is 0 Å². The van der Waals surface area contributed by atoms with Crippen LogP contribution in [0.4, 0.5) is 0 Å². The predicted octanol–water partition coefficient (Wildman–Crippen LogP) is 3.53. The van der Waals surface area contributed by atoms with Gasteiger partial charge in [0.2, 0.25) is 11.8 Å². The lowest BCUT2D eigenvalue weighted by atomic mass is 9.55. The van der Waals surface area contributed by atoms with E-state index < -0.39 is 0 Å². The molecule has 1 saturated heterocycles. The summed E-state index contributed by atoms with van der Waals surface area (Å²) in [6.07, 6.45) is 4.88. The third kappa shape index (κ3) is 2.77. The van der Waals surface area contributed by atoms with Crippen LogP contribution in [0.25, 0.3) is 0 Å². The van der Waals surface area contributed by atoms with Gasteiger partial charge in [-0.15, -0.1) is 0 Å². The molecule has 1 unspecified atom stereocenters. The summed E-state index contributed by atoms with van der Waals surface area (Å²) in [4.78, 5) is 24.1. The van der Waals surface area contributed by atoms with E-state index >= 15 is 0 Å². The van der Waals surface area contributed by atoms with Gasteiger partial charge in [-0.2, -0.15) is 0 Å². The Balaban J connectivity index is 2.20. The fourth-order valence-electron chi connectivity index (χ4n) is 4.52. The van der Waals surface area contributed by atoms with E-state index in [0.717, 1.165) is 25.7 Å². The van der Waals surface area contributed by atoms with Crippen molar-refractivity contribution in [2.75, 3.05) is 0 Å². The maximum Gasteiger partial charge on any atom is 0.230 e. The fraction of sp³-hybridized carbons (Fsp3) is 0.882. The van der Waals surface area contributed by atoms with Crippen LogP contribution in [0.3, 0.4) is 0 Å². The molecule has 1 heterocycles. The molecule has 0 aromatic carbocycles. The van der Waals surface area contributed by atoms with Gasteiger partial charge in [0.05, 0.1) is 0 Å². The number of carbonyl (C=O) groups is 2. The first-order valence-corrected chi connectivity index (χ1v) is 7.99. The van der Waals surface area contributed by atoms with Gasteiger partial charge in [-0.1, -0.05) is 34.6 Å². The summed E-state index contributed by atoms with van der Waals surface area (Å²) in [7, 11) is 0. The van der Waals surface area contributed by atoms with Crippen molar-refractivity contribution in [3.05, 3.63) is 0 Å². The number of nitrogens with one attached hydrogen (secondary N) is 1. The van der Waals surface area contributed by atoms with Crippen LogP contribution in [0, 0.1) is 28.6 Å². The first kappa shape index (κ1) is 15.5. The van der Waals surface area contributed by atoms with E-state index in [0.29, 0.717) is 23.7 Å². The molecule has 0 bridgehead atoms. The third-order valence-electron chi connectivity index (χ3n) is 5.59. The minimum absolute atomic E-state index is 0.00104. The van der Waals surface area contributed by atoms with Gasteiger partial charge < -0.3 is 0 Å². The third-order valence-corrected chi connectivity index (χ3v) is 5.59. The van der Waals surface area contributed by atoms with Gasteiger partial charge in [-0.25, -0.2) is 0 Å². The molecule has 2 amide bonds. The Hall–Kier alpha value is -0.860. The van der Waals surface area contributed by atoms with Crippen molar-refractivity contribution < 1.29 is 9.59 Å². The van der Waals surface area contributed by atoms with Crippen LogP contribution in [0.1, 0.15) is 66.7 Å². The first-order valence-electron chi connectivity index (χ1n) is 7.99. The molecule has 1 saturated carbocycles. The van der Waals surface area contributed by atoms with Crippen LogP contribution in [0.5, 0.6) is 0 Å². The van der Waals surface area contributed by atoms with Gasteiger partial charge in [0.1, 0.15) is 0 Å². The van der Waals surface area contributed by atoms with Crippen LogP contribution < -0.4 is 5.32 Å². The minimum atomic E-state index is -0.0741. The summed E-state index contributed by atoms with van der Waals surface area (Å²) in [5, 5.41) is 2.55. The van der Waals surface area contributed by atoms with Gasteiger partial charge in [0.15, 0.2) is 0 Å². The van der Waals surface area contributed by atoms with Crippen molar-refractivity contribution >= 4 is 11.8 Å². The van der Waals surface area contributed by atoms with Gasteiger partial charge >= 0.3 is 0 Å². The molecular weight excluding hydrogens is 250 g/mol. The fourth-order valence-corrected chi connectivity index (χ4v) is 4.52. The first-order chi connectivity index (χ1) is 9.16. The smallest absolute Gasteiger partial charge is 0.230 e. The molecule has 0 radical (unpaired) electrons. The topological polar surface area (TPSA) is 46.2 Å². The Morgan fingerprint density at radius 2 is 1.70 bits per heavy atom. The summed E-state index contributed by atoms with van der Waals surface area (Å²) in [6, 6.07) is 0. The zero-order chi connectivity index (χ0) is 15.1. The number of hydrogen-bond acceptors (Lipinski definition) is 2. The Kier molecular flexibility index (Phi) is 4.01. The second-order valence-corrected chi connectivity index (χ2v) is 8.31. The second-order valence-electron chi connectivity index (χ2n) is 8.31. The highest BCUT2D eigenvalue weighted by atomic mass is 16.2. The Morgan fingerprint density at radius 1 is 1.15 bits per heavy atom. The Labute approximate surface area is 122 Å². The predicted molar refractivity (Wildman–Crippen MR) is 79.9 cm³/mol. The number of carbonyl (C=O) groups excluding carboxylic acids is 2. The summed E-state index contributed by atoms with van der Waals surface area (Å²) in [5.41, 5.74) is 0.255. The largest absolute Gasteiger partial charge is 0.296 e. The molecular formula is C17H29NO2. The summed E-state index contributed by atoms with van der Waals surface area (Å²) in [6.45, 7) is 11.1. The van der Waals surface area contributed by atoms with Gasteiger partial charge in [0, 0.05) is 12.3 Å². The van der Waals surface area contributed by atoms with Crippen LogP contribution in [-0.2, 0) is 9.59 Å². The molecule has 1 aliphatic carbocycles. The van der Waals surface area contributed by atoms with Gasteiger partial charge in [0.25, 0.3) is 0 Å². The summed E-state index contributed by atoms with van der Waals surface area (Å²) < 4.78 is 0. The zero-order valence-electron chi connectivity index (χ0n) is 13.6. The van der Waals surface area contributed by atoms with E-state index in [2.05, 4.69) is 39.9 Å². The molecule has 2 rings (SSSR count). The van der Waals surface area contributed by atoms with E-state index in [-0.39, 0.29) is 23.1 Å². The van der Waals surface area contributed by atoms with Crippen LogP contribution in [0.15, 0.2) is 0 Å². The highest BCUT2D eigenvalue weighted by molar-refractivity contribution is 5.99. The molecule has 2 aliphatic rings. The lowest BCUT2D eigenvalue weighted by molar-refractivity contribution is -0.148. The van der Waals surface area contributed by atoms with Gasteiger partial charge in [-0.05, 0) is 48.3 Å². The van der Waals surface area contributed by atoms with E-state index in [1.54, 1.807) is 0 Å². The molecule has 1 atom stereocenters. The van der Waals surface area contributed by atoms with Crippen molar-refractivity contribution in [1.82, 2.24) is 5.32 Å². The van der Waals surface area contributed by atoms with Crippen molar-refractivity contribution in [3.63, 3.8) is 0 Å². The highest BCUT2D eigenvalue weighted by Gasteiger charge is 2.51. The normalized spacial score (nSPS) is 35.5. The van der Waals surface area contributed by atoms with E-state index in [4.69, 9.17) is 0 Å². The number of hydrogen-bond donors (Lipinski definition) is 1. The van der Waals surface area contributed by atoms with E-state index in [9.17, 15) is 9.59 Å². The molecule has 3 nitrogen and oxygen atoms in total. The van der Waals surface area contributed by atoms with Crippen molar-refractivity contribution in [2.24, 2.45) is 28.6 Å². The maximum atomic E-state index is 12.3. The average Bonchev–Trinajstić information content (AvgIpc) is 2.25. The molecule has 1 aliphatic heterocycles. The monoisotopic (exact) mass is 279 g/mol. The molecule has 1 spiro atoms. The van der Waals surface area contributed by atoms with Crippen molar-refractivity contribution in [1.29, 1.82) is 0 Å². The van der Waals surface area contributed by atoms with Crippen molar-refractivity contribution in [2.45, 2.75) is 66.7 Å². The lowest BCUT2D eigenvalue weighted by Gasteiger charge is -2.50. The lowest BCUT2D eigenvalue weighted by Crippen LogP contribution is -2.55. The number of amides is 2. The average molecular weight is 279 g/mol. The Morgan fingerprint density at radius 3 is 2.15 bits per heavy atom. The summed E-state index contributed by atoms with van der Waals surface area (Å²) >= 11 is 0. The maximum absolute atomic E-state index is 12.3. The van der Waals surface area contributed by atoms with E-state index in [1.807, 2.05) is 0 Å². The molecule has 114 valence electrons. The molecule has 3 heteroatoms. The van der Waals surface area contributed by atoms with Crippen molar-refractivity contribution in [3.8, 4) is 0 Å². The van der Waals surface area contributed by atoms with Gasteiger partial charge in [-0.3, -0.25) is 14.9 Å². The molecule has 2 fully saturated rings. The molecule has 1 N–H and O–H groups in total. The van der Waals surface area contributed by atoms with Crippen LogP contribution in [-0.4, -0.2) is 11.8 Å². The molecule has 20 heavy (non-hydrogen) atoms. The molecule has 0 aromatic heterocycles. The highest BCUT2D eigenvalue weighted by Crippen LogP contribution is 2.53. The number of rotatable bonds is 1. The van der Waals surface area contributed by atoms with E-state index in [1.165, 1.54) is 0 Å². The molecule has 0 aromatic rings. The Bertz CT molecular complexity index is 398. The number of piperidine rings is 1. The minimum Gasteiger partial charge on any atom is -0.296 e. The quantitative estimate of drug-likeness (QED) is 0.746.